The van der Waals surface area contributed by atoms with Gasteiger partial charge in [-0.05, 0) is 42.8 Å². The van der Waals surface area contributed by atoms with Crippen LogP contribution in [0.15, 0.2) is 35.1 Å². The summed E-state index contributed by atoms with van der Waals surface area (Å²) >= 11 is 6.92. The molecule has 1 unspecified atom stereocenters. The van der Waals surface area contributed by atoms with E-state index in [1.807, 2.05) is 43.3 Å². The second kappa shape index (κ2) is 6.95. The smallest absolute Gasteiger partial charge is 0.253 e. The van der Waals surface area contributed by atoms with E-state index < -0.39 is 0 Å². The summed E-state index contributed by atoms with van der Waals surface area (Å²) in [6.45, 7) is 1.35. The Bertz CT molecular complexity index is 756. The van der Waals surface area contributed by atoms with Gasteiger partial charge in [-0.3, -0.25) is 9.36 Å². The summed E-state index contributed by atoms with van der Waals surface area (Å²) in [4.78, 5) is 15.4. The standard InChI is InChI=1S/C17H20N2O2S2/c1-18(2)13-7-5-12(6-8-13)15-10-16(20)19(17(22)23-15)11-14-4-3-9-21-14/h5-8,10,14H,3-4,9,11H2,1-2H3. The van der Waals surface area contributed by atoms with Crippen molar-refractivity contribution in [3.05, 3.63) is 44.6 Å². The quantitative estimate of drug-likeness (QED) is 0.792. The van der Waals surface area contributed by atoms with Crippen molar-refractivity contribution in [2.75, 3.05) is 25.6 Å². The molecule has 1 aromatic carbocycles. The average Bonchev–Trinajstić information content (AvgIpc) is 3.04. The molecule has 0 amide bonds. The minimum Gasteiger partial charge on any atom is -0.378 e. The van der Waals surface area contributed by atoms with Crippen LogP contribution in [0.2, 0.25) is 0 Å². The van der Waals surface area contributed by atoms with E-state index in [2.05, 4.69) is 0 Å². The highest BCUT2D eigenvalue weighted by Crippen LogP contribution is 2.25. The third-order valence-corrected chi connectivity index (χ3v) is 5.46. The summed E-state index contributed by atoms with van der Waals surface area (Å²) in [6.07, 6.45) is 2.18. The van der Waals surface area contributed by atoms with Crippen LogP contribution in [0.4, 0.5) is 5.69 Å². The second-order valence-corrected chi connectivity index (χ2v) is 7.58. The van der Waals surface area contributed by atoms with Crippen LogP contribution in [-0.2, 0) is 11.3 Å². The number of ether oxygens (including phenoxy) is 1. The van der Waals surface area contributed by atoms with E-state index >= 15 is 0 Å². The Hall–Kier alpha value is -1.50. The molecule has 1 saturated heterocycles. The third-order valence-electron chi connectivity index (χ3n) is 4.02. The van der Waals surface area contributed by atoms with Gasteiger partial charge in [-0.25, -0.2) is 0 Å². The largest absolute Gasteiger partial charge is 0.378 e. The first-order valence-corrected chi connectivity index (χ1v) is 8.91. The maximum absolute atomic E-state index is 12.4. The van der Waals surface area contributed by atoms with E-state index in [1.165, 1.54) is 11.3 Å². The Labute approximate surface area is 145 Å². The highest BCUT2D eigenvalue weighted by molar-refractivity contribution is 7.73. The molecule has 0 bridgehead atoms. The molecule has 122 valence electrons. The fourth-order valence-corrected chi connectivity index (χ4v) is 3.99. The van der Waals surface area contributed by atoms with Gasteiger partial charge < -0.3 is 9.64 Å². The summed E-state index contributed by atoms with van der Waals surface area (Å²) in [6, 6.07) is 9.83. The lowest BCUT2D eigenvalue weighted by atomic mass is 10.1. The molecular weight excluding hydrogens is 328 g/mol. The molecule has 1 fully saturated rings. The van der Waals surface area contributed by atoms with Crippen LogP contribution < -0.4 is 10.5 Å². The van der Waals surface area contributed by atoms with Crippen LogP contribution in [0, 0.1) is 3.95 Å². The first-order valence-electron chi connectivity index (χ1n) is 7.69. The van der Waals surface area contributed by atoms with E-state index in [-0.39, 0.29) is 11.7 Å². The fraction of sp³-hybridized carbons (Fsp3) is 0.412. The zero-order valence-corrected chi connectivity index (χ0v) is 15.0. The Morgan fingerprint density at radius 3 is 2.65 bits per heavy atom. The van der Waals surface area contributed by atoms with Gasteiger partial charge in [-0.2, -0.15) is 0 Å². The normalized spacial score (nSPS) is 17.4. The van der Waals surface area contributed by atoms with E-state index in [9.17, 15) is 4.79 Å². The summed E-state index contributed by atoms with van der Waals surface area (Å²) < 4.78 is 7.88. The van der Waals surface area contributed by atoms with Crippen molar-refractivity contribution in [2.45, 2.75) is 25.5 Å². The summed E-state index contributed by atoms with van der Waals surface area (Å²) in [5.74, 6) is 0. The van der Waals surface area contributed by atoms with Crippen LogP contribution in [0.5, 0.6) is 0 Å². The van der Waals surface area contributed by atoms with Crippen LogP contribution in [0.1, 0.15) is 12.8 Å². The molecule has 1 aliphatic rings. The minimum atomic E-state index is -0.0454. The van der Waals surface area contributed by atoms with Gasteiger partial charge in [-0.15, -0.1) is 11.3 Å². The van der Waals surface area contributed by atoms with E-state index in [4.69, 9.17) is 17.0 Å². The molecule has 1 aromatic heterocycles. The molecule has 3 rings (SSSR count). The molecular formula is C17H20N2O2S2. The minimum absolute atomic E-state index is 0.0454. The molecule has 0 aliphatic carbocycles. The first kappa shape index (κ1) is 16.4. The highest BCUT2D eigenvalue weighted by atomic mass is 32.1. The van der Waals surface area contributed by atoms with Crippen LogP contribution in [0.3, 0.4) is 0 Å². The summed E-state index contributed by atoms with van der Waals surface area (Å²) in [5.41, 5.74) is 2.10. The highest BCUT2D eigenvalue weighted by Gasteiger charge is 2.17. The van der Waals surface area contributed by atoms with Gasteiger partial charge in [0.25, 0.3) is 5.56 Å². The molecule has 6 heteroatoms. The molecule has 23 heavy (non-hydrogen) atoms. The maximum Gasteiger partial charge on any atom is 0.253 e. The SMILES string of the molecule is CN(C)c1ccc(-c2cc(=O)n(CC3CCCO3)c(=S)s2)cc1. The predicted octanol–water partition coefficient (Wildman–Crippen LogP) is 3.55. The Morgan fingerprint density at radius 2 is 2.09 bits per heavy atom. The lowest BCUT2D eigenvalue weighted by Gasteiger charge is -2.14. The molecule has 1 aliphatic heterocycles. The van der Waals surface area contributed by atoms with Crippen LogP contribution in [0.25, 0.3) is 10.4 Å². The second-order valence-electron chi connectivity index (χ2n) is 5.90. The number of aromatic nitrogens is 1. The molecule has 0 N–H and O–H groups in total. The fourth-order valence-electron chi connectivity index (χ4n) is 2.68. The molecule has 2 heterocycles. The number of benzene rings is 1. The Balaban J connectivity index is 1.89. The van der Waals surface area contributed by atoms with Crippen molar-refractivity contribution in [1.82, 2.24) is 4.57 Å². The lowest BCUT2D eigenvalue weighted by molar-refractivity contribution is 0.0961. The molecule has 0 spiro atoms. The van der Waals surface area contributed by atoms with E-state index in [0.29, 0.717) is 10.5 Å². The Kier molecular flexibility index (Phi) is 4.94. The van der Waals surface area contributed by atoms with Gasteiger partial charge in [0, 0.05) is 37.3 Å². The van der Waals surface area contributed by atoms with Gasteiger partial charge in [-0.1, -0.05) is 12.1 Å². The predicted molar refractivity (Wildman–Crippen MR) is 98.2 cm³/mol. The summed E-state index contributed by atoms with van der Waals surface area (Å²) in [5, 5.41) is 0. The lowest BCUT2D eigenvalue weighted by Crippen LogP contribution is -2.25. The molecule has 0 saturated carbocycles. The maximum atomic E-state index is 12.4. The summed E-state index contributed by atoms with van der Waals surface area (Å²) in [7, 11) is 4.01. The van der Waals surface area contributed by atoms with Gasteiger partial charge in [0.15, 0.2) is 3.95 Å². The van der Waals surface area contributed by atoms with Gasteiger partial charge in [0.05, 0.1) is 12.6 Å². The number of hydrogen-bond donors (Lipinski definition) is 0. The van der Waals surface area contributed by atoms with E-state index in [0.717, 1.165) is 35.6 Å². The zero-order valence-electron chi connectivity index (χ0n) is 13.3. The monoisotopic (exact) mass is 348 g/mol. The van der Waals surface area contributed by atoms with Crippen molar-refractivity contribution < 1.29 is 4.74 Å². The van der Waals surface area contributed by atoms with Crippen molar-refractivity contribution in [1.29, 1.82) is 0 Å². The Morgan fingerprint density at radius 1 is 1.35 bits per heavy atom. The number of rotatable bonds is 4. The van der Waals surface area contributed by atoms with Gasteiger partial charge in [0.2, 0.25) is 0 Å². The average molecular weight is 348 g/mol. The molecule has 4 nitrogen and oxygen atoms in total. The topological polar surface area (TPSA) is 34.5 Å². The zero-order chi connectivity index (χ0) is 16.4. The van der Waals surface area contributed by atoms with Crippen LogP contribution >= 0.6 is 23.6 Å². The van der Waals surface area contributed by atoms with Gasteiger partial charge in [0.1, 0.15) is 0 Å². The van der Waals surface area contributed by atoms with Crippen molar-refractivity contribution in [2.24, 2.45) is 0 Å². The van der Waals surface area contributed by atoms with Crippen molar-refractivity contribution >= 4 is 29.2 Å². The number of hydrogen-bond acceptors (Lipinski definition) is 5. The molecule has 1 atom stereocenters. The third kappa shape index (κ3) is 3.71. The number of anilines is 1. The van der Waals surface area contributed by atoms with Crippen molar-refractivity contribution in [3.63, 3.8) is 0 Å². The molecule has 2 aromatic rings. The van der Waals surface area contributed by atoms with Crippen molar-refractivity contribution in [3.8, 4) is 10.4 Å². The van der Waals surface area contributed by atoms with Crippen LogP contribution in [-0.4, -0.2) is 31.4 Å². The first-order chi connectivity index (χ1) is 11.0. The molecule has 0 radical (unpaired) electrons. The van der Waals surface area contributed by atoms with E-state index in [1.54, 1.807) is 10.6 Å². The number of nitrogens with zero attached hydrogens (tertiary/aromatic N) is 2. The van der Waals surface area contributed by atoms with Gasteiger partial charge >= 0.3 is 0 Å².